The summed E-state index contributed by atoms with van der Waals surface area (Å²) in [6.45, 7) is 4.34. The van der Waals surface area contributed by atoms with Gasteiger partial charge in [-0.25, -0.2) is 0 Å². The van der Waals surface area contributed by atoms with E-state index in [1.54, 1.807) is 13.8 Å². The number of carboxylic acid groups (broad SMARTS) is 1. The monoisotopic (exact) mass is 201 g/mol. The van der Waals surface area contributed by atoms with Crippen LogP contribution in [-0.4, -0.2) is 17.6 Å². The lowest BCUT2D eigenvalue weighted by atomic mass is 9.87. The molecule has 0 unspecified atom stereocenters. The Balaban J connectivity index is 3.40. The van der Waals surface area contributed by atoms with Crippen molar-refractivity contribution in [2.75, 3.05) is 6.54 Å². The second kappa shape index (κ2) is 6.82. The predicted molar refractivity (Wildman–Crippen MR) is 58.2 cm³/mol. The highest BCUT2D eigenvalue weighted by Gasteiger charge is 2.25. The van der Waals surface area contributed by atoms with Crippen LogP contribution in [0.5, 0.6) is 0 Å². The Morgan fingerprint density at radius 1 is 1.14 bits per heavy atom. The van der Waals surface area contributed by atoms with E-state index in [0.29, 0.717) is 0 Å². The van der Waals surface area contributed by atoms with Crippen molar-refractivity contribution in [3.63, 3.8) is 0 Å². The average Bonchev–Trinajstić information content (AvgIpc) is 2.10. The highest BCUT2D eigenvalue weighted by Crippen LogP contribution is 2.23. The summed E-state index contributed by atoms with van der Waals surface area (Å²) >= 11 is 0. The Kier molecular flexibility index (Phi) is 6.54. The zero-order chi connectivity index (χ0) is 11.0. The quantitative estimate of drug-likeness (QED) is 0.593. The van der Waals surface area contributed by atoms with Crippen LogP contribution in [0, 0.1) is 5.41 Å². The van der Waals surface area contributed by atoms with Gasteiger partial charge in [0.15, 0.2) is 0 Å². The van der Waals surface area contributed by atoms with Crippen molar-refractivity contribution in [2.45, 2.75) is 52.4 Å². The third kappa shape index (κ3) is 5.97. The van der Waals surface area contributed by atoms with E-state index in [9.17, 15) is 4.79 Å². The van der Waals surface area contributed by atoms with E-state index in [-0.39, 0.29) is 0 Å². The third-order valence-corrected chi connectivity index (χ3v) is 2.58. The normalized spacial score (nSPS) is 11.6. The molecule has 3 nitrogen and oxygen atoms in total. The highest BCUT2D eigenvalue weighted by molar-refractivity contribution is 5.73. The van der Waals surface area contributed by atoms with E-state index < -0.39 is 11.4 Å². The topological polar surface area (TPSA) is 63.3 Å². The summed E-state index contributed by atoms with van der Waals surface area (Å²) in [5, 5.41) is 8.87. The molecule has 0 aliphatic carbocycles. The molecule has 3 heteroatoms. The van der Waals surface area contributed by atoms with Crippen molar-refractivity contribution in [2.24, 2.45) is 11.1 Å². The molecule has 0 spiro atoms. The zero-order valence-corrected chi connectivity index (χ0v) is 9.38. The van der Waals surface area contributed by atoms with E-state index in [2.05, 4.69) is 0 Å². The lowest BCUT2D eigenvalue weighted by Gasteiger charge is -2.18. The van der Waals surface area contributed by atoms with Crippen molar-refractivity contribution in [3.05, 3.63) is 0 Å². The standard InChI is InChI=1S/C11H23NO2/c1-11(2,10(13)14)8-6-4-3-5-7-9-12/h3-9,12H2,1-2H3,(H,13,14). The maximum atomic E-state index is 10.8. The Bertz CT molecular complexity index is 167. The van der Waals surface area contributed by atoms with Crippen molar-refractivity contribution >= 4 is 5.97 Å². The van der Waals surface area contributed by atoms with Crippen molar-refractivity contribution in [1.29, 1.82) is 0 Å². The average molecular weight is 201 g/mol. The highest BCUT2D eigenvalue weighted by atomic mass is 16.4. The van der Waals surface area contributed by atoms with Gasteiger partial charge in [-0.1, -0.05) is 25.7 Å². The van der Waals surface area contributed by atoms with Crippen LogP contribution in [0.4, 0.5) is 0 Å². The van der Waals surface area contributed by atoms with Crippen LogP contribution < -0.4 is 5.73 Å². The first kappa shape index (κ1) is 13.4. The van der Waals surface area contributed by atoms with Crippen LogP contribution in [0.15, 0.2) is 0 Å². The van der Waals surface area contributed by atoms with Gasteiger partial charge in [0.25, 0.3) is 0 Å². The lowest BCUT2D eigenvalue weighted by molar-refractivity contribution is -0.147. The second-order valence-corrected chi connectivity index (χ2v) is 4.50. The summed E-state index contributed by atoms with van der Waals surface area (Å²) in [5.41, 5.74) is 4.81. The minimum Gasteiger partial charge on any atom is -0.481 e. The van der Waals surface area contributed by atoms with E-state index in [0.717, 1.165) is 32.2 Å². The predicted octanol–water partition coefficient (Wildman–Crippen LogP) is 2.40. The fraction of sp³-hybridized carbons (Fsp3) is 0.909. The molecule has 0 bridgehead atoms. The fourth-order valence-corrected chi connectivity index (χ4v) is 1.35. The molecule has 0 saturated carbocycles. The number of rotatable bonds is 8. The number of hydrogen-bond acceptors (Lipinski definition) is 2. The molecular weight excluding hydrogens is 178 g/mol. The molecule has 0 aromatic carbocycles. The van der Waals surface area contributed by atoms with Crippen LogP contribution in [0.25, 0.3) is 0 Å². The summed E-state index contributed by atoms with van der Waals surface area (Å²) in [6.07, 6.45) is 6.32. The Labute approximate surface area is 86.7 Å². The van der Waals surface area contributed by atoms with Crippen LogP contribution in [0.1, 0.15) is 52.4 Å². The minimum atomic E-state index is -0.695. The largest absolute Gasteiger partial charge is 0.481 e. The summed E-state index contributed by atoms with van der Waals surface area (Å²) in [5.74, 6) is -0.695. The third-order valence-electron chi connectivity index (χ3n) is 2.58. The molecule has 0 amide bonds. The van der Waals surface area contributed by atoms with Gasteiger partial charge in [0.05, 0.1) is 5.41 Å². The van der Waals surface area contributed by atoms with Crippen molar-refractivity contribution in [1.82, 2.24) is 0 Å². The number of aliphatic carboxylic acids is 1. The molecule has 0 rings (SSSR count). The van der Waals surface area contributed by atoms with Gasteiger partial charge in [0.1, 0.15) is 0 Å². The van der Waals surface area contributed by atoms with E-state index in [1.165, 1.54) is 12.8 Å². The summed E-state index contributed by atoms with van der Waals surface area (Å²) in [6, 6.07) is 0. The molecule has 14 heavy (non-hydrogen) atoms. The van der Waals surface area contributed by atoms with Gasteiger partial charge < -0.3 is 10.8 Å². The SMILES string of the molecule is CC(C)(CCCCCCCN)C(=O)O. The Hall–Kier alpha value is -0.570. The molecule has 0 aliphatic rings. The maximum Gasteiger partial charge on any atom is 0.309 e. The molecule has 0 radical (unpaired) electrons. The molecule has 0 fully saturated rings. The lowest BCUT2D eigenvalue weighted by Crippen LogP contribution is -2.23. The van der Waals surface area contributed by atoms with Gasteiger partial charge in [-0.05, 0) is 33.2 Å². The van der Waals surface area contributed by atoms with E-state index in [4.69, 9.17) is 10.8 Å². The molecule has 0 atom stereocenters. The van der Waals surface area contributed by atoms with Gasteiger partial charge in [-0.3, -0.25) is 4.79 Å². The molecule has 0 aromatic rings. The molecule has 0 aromatic heterocycles. The molecule has 0 aliphatic heterocycles. The number of hydrogen-bond donors (Lipinski definition) is 2. The Morgan fingerprint density at radius 2 is 1.64 bits per heavy atom. The summed E-state index contributed by atoms with van der Waals surface area (Å²) in [7, 11) is 0. The molecule has 84 valence electrons. The Morgan fingerprint density at radius 3 is 2.14 bits per heavy atom. The summed E-state index contributed by atoms with van der Waals surface area (Å²) < 4.78 is 0. The maximum absolute atomic E-state index is 10.8. The van der Waals surface area contributed by atoms with Crippen molar-refractivity contribution < 1.29 is 9.90 Å². The first-order valence-corrected chi connectivity index (χ1v) is 5.44. The van der Waals surface area contributed by atoms with Crippen LogP contribution in [0.3, 0.4) is 0 Å². The van der Waals surface area contributed by atoms with Gasteiger partial charge in [-0.2, -0.15) is 0 Å². The minimum absolute atomic E-state index is 0.562. The molecule has 3 N–H and O–H groups in total. The van der Waals surface area contributed by atoms with E-state index >= 15 is 0 Å². The first-order chi connectivity index (χ1) is 6.50. The van der Waals surface area contributed by atoms with Gasteiger partial charge in [0.2, 0.25) is 0 Å². The molecule has 0 heterocycles. The number of carbonyl (C=O) groups is 1. The smallest absolute Gasteiger partial charge is 0.309 e. The van der Waals surface area contributed by atoms with Crippen LogP contribution >= 0.6 is 0 Å². The number of nitrogens with two attached hydrogens (primary N) is 1. The van der Waals surface area contributed by atoms with Crippen LogP contribution in [0.2, 0.25) is 0 Å². The second-order valence-electron chi connectivity index (χ2n) is 4.50. The van der Waals surface area contributed by atoms with Crippen LogP contribution in [-0.2, 0) is 4.79 Å². The van der Waals surface area contributed by atoms with E-state index in [1.807, 2.05) is 0 Å². The van der Waals surface area contributed by atoms with Gasteiger partial charge in [0, 0.05) is 0 Å². The number of unbranched alkanes of at least 4 members (excludes halogenated alkanes) is 4. The summed E-state index contributed by atoms with van der Waals surface area (Å²) in [4.78, 5) is 10.8. The first-order valence-electron chi connectivity index (χ1n) is 5.44. The van der Waals surface area contributed by atoms with Gasteiger partial charge >= 0.3 is 5.97 Å². The number of carboxylic acids is 1. The van der Waals surface area contributed by atoms with Crippen molar-refractivity contribution in [3.8, 4) is 0 Å². The molecule has 0 saturated heterocycles. The van der Waals surface area contributed by atoms with Gasteiger partial charge in [-0.15, -0.1) is 0 Å². The molecular formula is C11H23NO2. The zero-order valence-electron chi connectivity index (χ0n) is 9.38. The fourth-order valence-electron chi connectivity index (χ4n) is 1.35.